The number of anilines is 2. The second kappa shape index (κ2) is 7.72. The largest absolute Gasteiger partial charge is 0.497 e. The maximum absolute atomic E-state index is 12.6. The topological polar surface area (TPSA) is 96.9 Å². The number of sulfone groups is 1. The molecule has 2 N–H and O–H groups in total. The van der Waals surface area contributed by atoms with E-state index in [4.69, 9.17) is 4.74 Å². The molecule has 0 bridgehead atoms. The summed E-state index contributed by atoms with van der Waals surface area (Å²) in [5, 5.41) is 6.80. The molecule has 2 aliphatic rings. The van der Waals surface area contributed by atoms with Crippen molar-refractivity contribution in [3.63, 3.8) is 0 Å². The molecule has 7 nitrogen and oxygen atoms in total. The number of hydrogen-bond donors (Lipinski definition) is 2. The van der Waals surface area contributed by atoms with Crippen LogP contribution in [0.25, 0.3) is 0 Å². The Hall–Kier alpha value is -2.52. The highest BCUT2D eigenvalue weighted by Gasteiger charge is 2.42. The Kier molecular flexibility index (Phi) is 5.26. The Morgan fingerprint density at radius 2 is 1.93 bits per heavy atom. The number of rotatable bonds is 4. The molecule has 1 fully saturated rings. The fourth-order valence-corrected chi connectivity index (χ4v) is 6.97. The highest BCUT2D eigenvalue weighted by molar-refractivity contribution is 8.15. The van der Waals surface area contributed by atoms with Gasteiger partial charge in [0.25, 0.3) is 5.91 Å². The molecular formula is C20H21N3O4S2. The minimum Gasteiger partial charge on any atom is -0.497 e. The smallest absolute Gasteiger partial charge is 0.255 e. The predicted molar refractivity (Wildman–Crippen MR) is 117 cm³/mol. The number of amidine groups is 1. The van der Waals surface area contributed by atoms with Crippen LogP contribution in [0.2, 0.25) is 0 Å². The second-order valence-corrected chi connectivity index (χ2v) is 10.5. The molecule has 2 aliphatic heterocycles. The Bertz CT molecular complexity index is 1080. The van der Waals surface area contributed by atoms with Gasteiger partial charge in [-0.1, -0.05) is 17.8 Å². The van der Waals surface area contributed by atoms with Gasteiger partial charge in [-0.2, -0.15) is 0 Å². The van der Waals surface area contributed by atoms with Crippen LogP contribution in [0.4, 0.5) is 11.4 Å². The summed E-state index contributed by atoms with van der Waals surface area (Å²) in [6, 6.07) is 12.4. The third kappa shape index (κ3) is 4.40. The van der Waals surface area contributed by atoms with E-state index >= 15 is 0 Å². The molecule has 9 heteroatoms. The monoisotopic (exact) mass is 431 g/mol. The summed E-state index contributed by atoms with van der Waals surface area (Å²) in [6.45, 7) is 1.94. The number of fused-ring (bicyclic) bond motifs is 1. The zero-order valence-electron chi connectivity index (χ0n) is 16.0. The molecule has 0 unspecified atom stereocenters. The van der Waals surface area contributed by atoms with Crippen molar-refractivity contribution in [2.24, 2.45) is 4.99 Å². The van der Waals surface area contributed by atoms with Crippen molar-refractivity contribution in [3.05, 3.63) is 53.6 Å². The van der Waals surface area contributed by atoms with Crippen LogP contribution in [-0.2, 0) is 9.84 Å². The quantitative estimate of drug-likeness (QED) is 0.773. The standard InChI is InChI=1S/C20H21N3O4S2/c1-12-3-4-13(19(24)21-14-5-7-15(27-2)8-6-14)9-16(12)22-20-23-17-10-29(25,26)11-18(17)28-20/h3-9,17-18H,10-11H2,1-2H3,(H,21,24)(H,22,23)/t17-,18-/m1/s1. The van der Waals surface area contributed by atoms with E-state index in [0.717, 1.165) is 17.0 Å². The van der Waals surface area contributed by atoms with Crippen molar-refractivity contribution < 1.29 is 17.9 Å². The second-order valence-electron chi connectivity index (χ2n) is 7.07. The van der Waals surface area contributed by atoms with Crippen LogP contribution in [-0.4, -0.2) is 49.4 Å². The van der Waals surface area contributed by atoms with Gasteiger partial charge in [0.2, 0.25) is 0 Å². The molecule has 2 heterocycles. The van der Waals surface area contributed by atoms with Crippen LogP contribution in [0.1, 0.15) is 15.9 Å². The number of ether oxygens (including phenoxy) is 1. The maximum atomic E-state index is 12.6. The van der Waals surface area contributed by atoms with Gasteiger partial charge in [-0.15, -0.1) is 0 Å². The van der Waals surface area contributed by atoms with E-state index in [1.165, 1.54) is 11.8 Å². The summed E-state index contributed by atoms with van der Waals surface area (Å²) in [6.07, 6.45) is 0. The third-order valence-electron chi connectivity index (χ3n) is 4.91. The van der Waals surface area contributed by atoms with Gasteiger partial charge in [-0.3, -0.25) is 9.79 Å². The number of thioether (sulfide) groups is 1. The Balaban J connectivity index is 1.47. The zero-order valence-corrected chi connectivity index (χ0v) is 17.6. The van der Waals surface area contributed by atoms with E-state index in [0.29, 0.717) is 16.4 Å². The summed E-state index contributed by atoms with van der Waals surface area (Å²) >= 11 is 1.45. The average molecular weight is 432 g/mol. The van der Waals surface area contributed by atoms with Gasteiger partial charge in [0, 0.05) is 22.2 Å². The van der Waals surface area contributed by atoms with Crippen molar-refractivity contribution in [2.45, 2.75) is 18.2 Å². The summed E-state index contributed by atoms with van der Waals surface area (Å²) in [5.41, 5.74) is 2.94. The first-order valence-electron chi connectivity index (χ1n) is 9.11. The van der Waals surface area contributed by atoms with Crippen molar-refractivity contribution in [1.29, 1.82) is 0 Å². The van der Waals surface area contributed by atoms with E-state index in [1.807, 2.05) is 13.0 Å². The maximum Gasteiger partial charge on any atom is 0.255 e. The van der Waals surface area contributed by atoms with E-state index in [9.17, 15) is 13.2 Å². The lowest BCUT2D eigenvalue weighted by molar-refractivity contribution is 0.102. The fourth-order valence-electron chi connectivity index (χ4n) is 3.31. The highest BCUT2D eigenvalue weighted by atomic mass is 32.2. The molecule has 2 atom stereocenters. The predicted octanol–water partition coefficient (Wildman–Crippen LogP) is 2.94. The highest BCUT2D eigenvalue weighted by Crippen LogP contribution is 2.35. The Morgan fingerprint density at radius 3 is 2.62 bits per heavy atom. The molecule has 0 spiro atoms. The lowest BCUT2D eigenvalue weighted by Crippen LogP contribution is -2.14. The molecule has 29 heavy (non-hydrogen) atoms. The van der Waals surface area contributed by atoms with Gasteiger partial charge in [0.15, 0.2) is 15.0 Å². The van der Waals surface area contributed by atoms with Crippen LogP contribution >= 0.6 is 11.8 Å². The number of nitrogens with zero attached hydrogens (tertiary/aromatic N) is 1. The molecule has 152 valence electrons. The normalized spacial score (nSPS) is 21.9. The summed E-state index contributed by atoms with van der Waals surface area (Å²) in [5.74, 6) is 0.777. The number of amides is 1. The van der Waals surface area contributed by atoms with Crippen LogP contribution in [0.5, 0.6) is 5.75 Å². The molecule has 1 amide bonds. The molecule has 0 saturated carbocycles. The van der Waals surface area contributed by atoms with Gasteiger partial charge in [0.1, 0.15) is 5.75 Å². The van der Waals surface area contributed by atoms with Crippen LogP contribution in [0.3, 0.4) is 0 Å². The molecule has 0 radical (unpaired) electrons. The SMILES string of the molecule is COc1ccc(NC(=O)c2ccc(C)c(NC3=N[C@@H]4CS(=O)(=O)C[C@H]4S3)c2)cc1. The number of aryl methyl sites for hydroxylation is 1. The van der Waals surface area contributed by atoms with Gasteiger partial charge in [-0.05, 0) is 48.9 Å². The Labute approximate surface area is 173 Å². The van der Waals surface area contributed by atoms with E-state index in [1.54, 1.807) is 43.5 Å². The fraction of sp³-hybridized carbons (Fsp3) is 0.300. The molecule has 2 aromatic carbocycles. The summed E-state index contributed by atoms with van der Waals surface area (Å²) in [7, 11) is -1.39. The molecule has 4 rings (SSSR count). The number of nitrogens with one attached hydrogen (secondary N) is 2. The summed E-state index contributed by atoms with van der Waals surface area (Å²) in [4.78, 5) is 17.1. The minimum atomic E-state index is -2.98. The van der Waals surface area contributed by atoms with Gasteiger partial charge >= 0.3 is 0 Å². The van der Waals surface area contributed by atoms with E-state index in [-0.39, 0.29) is 28.7 Å². The minimum absolute atomic E-state index is 0.0237. The van der Waals surface area contributed by atoms with Gasteiger partial charge in [-0.25, -0.2) is 8.42 Å². The molecule has 1 saturated heterocycles. The van der Waals surface area contributed by atoms with E-state index in [2.05, 4.69) is 15.6 Å². The first-order valence-corrected chi connectivity index (χ1v) is 11.8. The lowest BCUT2D eigenvalue weighted by atomic mass is 10.1. The van der Waals surface area contributed by atoms with Gasteiger partial charge < -0.3 is 15.4 Å². The lowest BCUT2D eigenvalue weighted by Gasteiger charge is -2.12. The molecular weight excluding hydrogens is 410 g/mol. The number of benzene rings is 2. The van der Waals surface area contributed by atoms with Crippen molar-refractivity contribution in [3.8, 4) is 5.75 Å². The first kappa shape index (κ1) is 19.8. The van der Waals surface area contributed by atoms with Crippen LogP contribution < -0.4 is 15.4 Å². The average Bonchev–Trinajstić information content (AvgIpc) is 3.16. The van der Waals surface area contributed by atoms with Crippen LogP contribution in [0.15, 0.2) is 47.5 Å². The zero-order chi connectivity index (χ0) is 20.6. The van der Waals surface area contributed by atoms with Crippen LogP contribution in [0, 0.1) is 6.92 Å². The Morgan fingerprint density at radius 1 is 1.17 bits per heavy atom. The number of aliphatic imine (C=N–C) groups is 1. The summed E-state index contributed by atoms with van der Waals surface area (Å²) < 4.78 is 28.6. The van der Waals surface area contributed by atoms with Gasteiger partial charge in [0.05, 0.1) is 24.7 Å². The van der Waals surface area contributed by atoms with Crippen molar-refractivity contribution >= 4 is 44.0 Å². The molecule has 0 aliphatic carbocycles. The third-order valence-corrected chi connectivity index (χ3v) is 8.05. The molecule has 0 aromatic heterocycles. The number of carbonyl (C=O) groups excluding carboxylic acids is 1. The number of methoxy groups -OCH3 is 1. The number of carbonyl (C=O) groups is 1. The number of hydrogen-bond acceptors (Lipinski definition) is 7. The molecule has 2 aromatic rings. The first-order chi connectivity index (χ1) is 13.8. The van der Waals surface area contributed by atoms with E-state index < -0.39 is 9.84 Å². The van der Waals surface area contributed by atoms with Crippen molar-refractivity contribution in [2.75, 3.05) is 29.2 Å². The van der Waals surface area contributed by atoms with Crippen molar-refractivity contribution in [1.82, 2.24) is 0 Å².